The van der Waals surface area contributed by atoms with Gasteiger partial charge in [-0.3, -0.25) is 9.69 Å². The first-order chi connectivity index (χ1) is 15.5. The summed E-state index contributed by atoms with van der Waals surface area (Å²) >= 11 is 1.82. The van der Waals surface area contributed by atoms with Crippen LogP contribution in [0.5, 0.6) is 0 Å². The third-order valence-electron chi connectivity index (χ3n) is 6.74. The van der Waals surface area contributed by atoms with E-state index < -0.39 is 10.0 Å². The van der Waals surface area contributed by atoms with Gasteiger partial charge in [-0.25, -0.2) is 8.42 Å². The average Bonchev–Trinajstić information content (AvgIpc) is 3.54. The van der Waals surface area contributed by atoms with E-state index in [1.54, 1.807) is 17.0 Å². The summed E-state index contributed by atoms with van der Waals surface area (Å²) in [7, 11) is -3.76. The first-order valence-corrected chi connectivity index (χ1v) is 13.4. The highest BCUT2D eigenvalue weighted by molar-refractivity contribution is 7.89. The number of benzene rings is 1. The first kappa shape index (κ1) is 21.6. The summed E-state index contributed by atoms with van der Waals surface area (Å²) in [4.78, 5) is 18.7. The van der Waals surface area contributed by atoms with Gasteiger partial charge in [0.05, 0.1) is 17.0 Å². The molecule has 5 rings (SSSR count). The Morgan fingerprint density at radius 2 is 1.84 bits per heavy atom. The first-order valence-electron chi connectivity index (χ1n) is 11.1. The van der Waals surface area contributed by atoms with Crippen molar-refractivity contribution in [3.05, 3.63) is 51.7 Å². The van der Waals surface area contributed by atoms with Gasteiger partial charge in [0.2, 0.25) is 15.9 Å². The van der Waals surface area contributed by atoms with E-state index in [1.807, 2.05) is 17.4 Å². The molecule has 3 heterocycles. The Balaban J connectivity index is 1.23. The van der Waals surface area contributed by atoms with Crippen LogP contribution in [0.1, 0.15) is 34.9 Å². The third kappa shape index (κ3) is 3.97. The number of hydrogen-bond acceptors (Lipinski definition) is 6. The number of rotatable bonds is 5. The van der Waals surface area contributed by atoms with Gasteiger partial charge in [-0.1, -0.05) is 12.1 Å². The number of nitrogens with zero attached hydrogens (tertiary/aromatic N) is 4. The highest BCUT2D eigenvalue weighted by Gasteiger charge is 2.41. The molecule has 1 aliphatic carbocycles. The summed E-state index contributed by atoms with van der Waals surface area (Å²) in [6.07, 6.45) is 3.45. The number of piperazine rings is 1. The Morgan fingerprint density at radius 1 is 1.09 bits per heavy atom. The highest BCUT2D eigenvalue weighted by atomic mass is 32.2. The lowest BCUT2D eigenvalue weighted by atomic mass is 9.96. The van der Waals surface area contributed by atoms with Gasteiger partial charge in [0.25, 0.3) is 0 Å². The van der Waals surface area contributed by atoms with Crippen LogP contribution in [0, 0.1) is 17.2 Å². The van der Waals surface area contributed by atoms with Gasteiger partial charge in [0.15, 0.2) is 0 Å². The normalized spacial score (nSPS) is 22.3. The third-order valence-corrected chi connectivity index (χ3v) is 9.69. The van der Waals surface area contributed by atoms with E-state index in [9.17, 15) is 18.5 Å². The number of hydrogen-bond donors (Lipinski definition) is 0. The second-order valence-electron chi connectivity index (χ2n) is 8.69. The van der Waals surface area contributed by atoms with Gasteiger partial charge in [0, 0.05) is 43.6 Å². The molecule has 7 nitrogen and oxygen atoms in total. The minimum atomic E-state index is -3.76. The zero-order valence-electron chi connectivity index (χ0n) is 17.8. The summed E-state index contributed by atoms with van der Waals surface area (Å²) in [6, 6.07) is 10.8. The molecule has 1 saturated carbocycles. The van der Waals surface area contributed by atoms with Gasteiger partial charge in [-0.15, -0.1) is 11.3 Å². The van der Waals surface area contributed by atoms with Crippen LogP contribution in [0.15, 0.2) is 40.6 Å². The quantitative estimate of drug-likeness (QED) is 0.670. The summed E-state index contributed by atoms with van der Waals surface area (Å²) in [6.45, 7) is 2.53. The predicted molar refractivity (Wildman–Crippen MR) is 122 cm³/mol. The maximum atomic E-state index is 13.1. The number of sulfonamides is 1. The Morgan fingerprint density at radius 3 is 2.56 bits per heavy atom. The van der Waals surface area contributed by atoms with Crippen molar-refractivity contribution in [3.63, 3.8) is 0 Å². The maximum absolute atomic E-state index is 13.1. The van der Waals surface area contributed by atoms with Gasteiger partial charge in [-0.05, 0) is 54.3 Å². The molecule has 1 saturated heterocycles. The van der Waals surface area contributed by atoms with Crippen molar-refractivity contribution in [2.24, 2.45) is 5.92 Å². The lowest BCUT2D eigenvalue weighted by Gasteiger charge is -2.39. The van der Waals surface area contributed by atoms with E-state index >= 15 is 0 Å². The molecule has 1 amide bonds. The predicted octanol–water partition coefficient (Wildman–Crippen LogP) is 2.46. The van der Waals surface area contributed by atoms with E-state index in [1.165, 1.54) is 39.7 Å². The number of carbonyl (C=O) groups is 1. The monoisotopic (exact) mass is 470 g/mol. The van der Waals surface area contributed by atoms with E-state index in [-0.39, 0.29) is 29.5 Å². The van der Waals surface area contributed by atoms with Crippen molar-refractivity contribution in [1.29, 1.82) is 5.26 Å². The van der Waals surface area contributed by atoms with Crippen LogP contribution in [0.2, 0.25) is 0 Å². The molecule has 9 heteroatoms. The lowest BCUT2D eigenvalue weighted by molar-refractivity contribution is -0.134. The second kappa shape index (κ2) is 8.60. The van der Waals surface area contributed by atoms with Gasteiger partial charge >= 0.3 is 0 Å². The molecule has 1 atom stereocenters. The minimum absolute atomic E-state index is 0.0365. The summed E-state index contributed by atoms with van der Waals surface area (Å²) < 4.78 is 27.5. The molecule has 0 spiro atoms. The molecule has 168 valence electrons. The standard InChI is InChI=1S/C23H26N4O3S2/c24-15-18-3-1-2-4-21(18)32(29,30)27-12-10-25(11-13-27)22(28)16-26-9-7-20-19(8-14-31-20)23(26)17-5-6-17/h1-4,8,14,17,23H,5-7,9-13,16H2/t23-/m1/s1. The van der Waals surface area contributed by atoms with E-state index in [0.717, 1.165) is 13.0 Å². The number of amides is 1. The molecule has 2 aliphatic heterocycles. The summed E-state index contributed by atoms with van der Waals surface area (Å²) in [5.74, 6) is 0.724. The van der Waals surface area contributed by atoms with Gasteiger partial charge in [0.1, 0.15) is 6.07 Å². The Labute approximate surface area is 192 Å². The van der Waals surface area contributed by atoms with E-state index in [4.69, 9.17) is 0 Å². The fourth-order valence-electron chi connectivity index (χ4n) is 4.91. The zero-order valence-corrected chi connectivity index (χ0v) is 19.4. The van der Waals surface area contributed by atoms with Crippen LogP contribution in [0.25, 0.3) is 0 Å². The highest BCUT2D eigenvalue weighted by Crippen LogP contribution is 2.48. The molecule has 1 aromatic heterocycles. The van der Waals surface area contributed by atoms with Gasteiger partial charge < -0.3 is 4.90 Å². The molecule has 0 radical (unpaired) electrons. The van der Waals surface area contributed by atoms with Crippen molar-refractivity contribution in [2.75, 3.05) is 39.3 Å². The SMILES string of the molecule is N#Cc1ccccc1S(=O)(=O)N1CCN(C(=O)CN2CCc3sccc3[C@H]2C2CC2)CC1. The molecule has 0 N–H and O–H groups in total. The van der Waals surface area contributed by atoms with Crippen molar-refractivity contribution >= 4 is 27.3 Å². The Hall–Kier alpha value is -2.25. The van der Waals surface area contributed by atoms with Crippen LogP contribution in [0.4, 0.5) is 0 Å². The fraction of sp³-hybridized carbons (Fsp3) is 0.478. The molecule has 3 aliphatic rings. The molecular formula is C23H26N4O3S2. The zero-order chi connectivity index (χ0) is 22.3. The van der Waals surface area contributed by atoms with E-state index in [2.05, 4.69) is 16.3 Å². The number of nitriles is 1. The van der Waals surface area contributed by atoms with Crippen molar-refractivity contribution in [2.45, 2.75) is 30.2 Å². The van der Waals surface area contributed by atoms with E-state index in [0.29, 0.717) is 31.6 Å². The molecule has 0 unspecified atom stereocenters. The molecule has 0 bridgehead atoms. The van der Waals surface area contributed by atoms with Crippen molar-refractivity contribution in [3.8, 4) is 6.07 Å². The van der Waals surface area contributed by atoms with Crippen LogP contribution in [-0.4, -0.2) is 67.7 Å². The lowest BCUT2D eigenvalue weighted by Crippen LogP contribution is -2.53. The summed E-state index contributed by atoms with van der Waals surface area (Å²) in [5, 5.41) is 11.4. The molecule has 2 aromatic rings. The van der Waals surface area contributed by atoms with Gasteiger partial charge in [-0.2, -0.15) is 9.57 Å². The number of fused-ring (bicyclic) bond motifs is 1. The van der Waals surface area contributed by atoms with Crippen molar-refractivity contribution in [1.82, 2.24) is 14.1 Å². The topological polar surface area (TPSA) is 84.7 Å². The smallest absolute Gasteiger partial charge is 0.244 e. The van der Waals surface area contributed by atoms with Crippen LogP contribution in [0.3, 0.4) is 0 Å². The second-order valence-corrected chi connectivity index (χ2v) is 11.6. The molecule has 1 aromatic carbocycles. The largest absolute Gasteiger partial charge is 0.339 e. The fourth-order valence-corrected chi connectivity index (χ4v) is 7.39. The average molecular weight is 471 g/mol. The maximum Gasteiger partial charge on any atom is 0.244 e. The number of thiophene rings is 1. The van der Waals surface area contributed by atoms with Crippen LogP contribution < -0.4 is 0 Å². The number of carbonyl (C=O) groups excluding carboxylic acids is 1. The Bertz CT molecular complexity index is 1160. The molecule has 32 heavy (non-hydrogen) atoms. The van der Waals surface area contributed by atoms with Crippen molar-refractivity contribution < 1.29 is 13.2 Å². The molecular weight excluding hydrogens is 444 g/mol. The Kier molecular flexibility index (Phi) is 5.80. The van der Waals surface area contributed by atoms with Crippen LogP contribution in [-0.2, 0) is 21.2 Å². The summed E-state index contributed by atoms with van der Waals surface area (Å²) in [5.41, 5.74) is 1.55. The molecule has 2 fully saturated rings. The minimum Gasteiger partial charge on any atom is -0.339 e. The van der Waals surface area contributed by atoms with Crippen LogP contribution >= 0.6 is 11.3 Å².